The second kappa shape index (κ2) is 8.74. The monoisotopic (exact) mass is 304 g/mol. The molecule has 1 heterocycles. The number of amides is 1. The van der Waals surface area contributed by atoms with Crippen LogP contribution in [0.5, 0.6) is 11.5 Å². The Labute approximate surface area is 129 Å². The molecule has 1 aromatic heterocycles. The van der Waals surface area contributed by atoms with Gasteiger partial charge in [0.05, 0.1) is 26.5 Å². The third kappa shape index (κ3) is 5.49. The zero-order valence-electron chi connectivity index (χ0n) is 12.5. The zero-order valence-corrected chi connectivity index (χ0v) is 12.5. The van der Waals surface area contributed by atoms with Crippen molar-refractivity contribution in [3.05, 3.63) is 48.4 Å². The van der Waals surface area contributed by atoms with Crippen LogP contribution in [0.25, 0.3) is 0 Å². The number of hydrogen-bond acceptors (Lipinski definition) is 5. The fourth-order valence-electron chi connectivity index (χ4n) is 1.78. The van der Waals surface area contributed by atoms with Crippen LogP contribution in [-0.2, 0) is 11.3 Å². The van der Waals surface area contributed by atoms with Crippen LogP contribution >= 0.6 is 0 Å². The predicted molar refractivity (Wildman–Crippen MR) is 81.9 cm³/mol. The third-order valence-corrected chi connectivity index (χ3v) is 2.93. The molecule has 0 bridgehead atoms. The van der Waals surface area contributed by atoms with Crippen molar-refractivity contribution in [2.45, 2.75) is 6.54 Å². The van der Waals surface area contributed by atoms with Crippen molar-refractivity contribution < 1.29 is 18.7 Å². The highest BCUT2D eigenvalue weighted by atomic mass is 16.5. The molecule has 0 saturated heterocycles. The molecule has 1 aromatic carbocycles. The molecule has 0 saturated carbocycles. The topological polar surface area (TPSA) is 72.7 Å². The van der Waals surface area contributed by atoms with E-state index in [1.165, 1.54) is 0 Å². The number of ether oxygens (including phenoxy) is 2. The van der Waals surface area contributed by atoms with E-state index in [0.29, 0.717) is 19.7 Å². The summed E-state index contributed by atoms with van der Waals surface area (Å²) >= 11 is 0. The van der Waals surface area contributed by atoms with E-state index in [2.05, 4.69) is 10.6 Å². The number of carbonyl (C=O) groups excluding carboxylic acids is 1. The highest BCUT2D eigenvalue weighted by Crippen LogP contribution is 2.16. The van der Waals surface area contributed by atoms with Crippen LogP contribution in [0.1, 0.15) is 5.76 Å². The second-order valence-electron chi connectivity index (χ2n) is 4.56. The van der Waals surface area contributed by atoms with Crippen molar-refractivity contribution in [3.63, 3.8) is 0 Å². The van der Waals surface area contributed by atoms with Gasteiger partial charge in [0.1, 0.15) is 23.9 Å². The summed E-state index contributed by atoms with van der Waals surface area (Å²) < 4.78 is 15.7. The Morgan fingerprint density at radius 3 is 2.64 bits per heavy atom. The van der Waals surface area contributed by atoms with E-state index in [1.807, 2.05) is 30.3 Å². The maximum Gasteiger partial charge on any atom is 0.234 e. The lowest BCUT2D eigenvalue weighted by molar-refractivity contribution is -0.120. The van der Waals surface area contributed by atoms with Crippen molar-refractivity contribution in [2.75, 3.05) is 26.8 Å². The lowest BCUT2D eigenvalue weighted by Gasteiger charge is -2.08. The fourth-order valence-corrected chi connectivity index (χ4v) is 1.78. The number of methoxy groups -OCH3 is 1. The molecule has 0 fully saturated rings. The van der Waals surface area contributed by atoms with Gasteiger partial charge in [0.25, 0.3) is 0 Å². The minimum atomic E-state index is -0.0825. The maximum absolute atomic E-state index is 11.6. The molecule has 0 spiro atoms. The Kier molecular flexibility index (Phi) is 6.32. The van der Waals surface area contributed by atoms with Crippen LogP contribution in [0.15, 0.2) is 47.1 Å². The molecule has 1 amide bonds. The number of rotatable bonds is 9. The van der Waals surface area contributed by atoms with E-state index in [4.69, 9.17) is 13.9 Å². The lowest BCUT2D eigenvalue weighted by atomic mass is 10.3. The van der Waals surface area contributed by atoms with E-state index < -0.39 is 0 Å². The normalized spacial score (nSPS) is 10.2. The summed E-state index contributed by atoms with van der Waals surface area (Å²) in [5, 5.41) is 5.77. The molecule has 0 aliphatic heterocycles. The third-order valence-electron chi connectivity index (χ3n) is 2.93. The first-order valence-electron chi connectivity index (χ1n) is 7.04. The van der Waals surface area contributed by atoms with E-state index in [0.717, 1.165) is 17.3 Å². The Hall–Kier alpha value is -2.47. The molecular formula is C16H20N2O4. The highest BCUT2D eigenvalue weighted by molar-refractivity contribution is 5.77. The molecule has 0 aliphatic carbocycles. The molecular weight excluding hydrogens is 284 g/mol. The standard InChI is InChI=1S/C16H20N2O4/c1-20-13-4-6-14(7-5-13)22-10-8-17-12-16(19)18-11-15-3-2-9-21-15/h2-7,9,17H,8,10-12H2,1H3,(H,18,19). The van der Waals surface area contributed by atoms with Crippen LogP contribution in [0.3, 0.4) is 0 Å². The molecule has 6 nitrogen and oxygen atoms in total. The van der Waals surface area contributed by atoms with Gasteiger partial charge < -0.3 is 24.5 Å². The largest absolute Gasteiger partial charge is 0.497 e. The minimum Gasteiger partial charge on any atom is -0.497 e. The van der Waals surface area contributed by atoms with Gasteiger partial charge in [-0.2, -0.15) is 0 Å². The van der Waals surface area contributed by atoms with E-state index in [1.54, 1.807) is 19.4 Å². The number of hydrogen-bond donors (Lipinski definition) is 2. The minimum absolute atomic E-state index is 0.0825. The van der Waals surface area contributed by atoms with Crippen molar-refractivity contribution in [2.24, 2.45) is 0 Å². The van der Waals surface area contributed by atoms with Crippen molar-refractivity contribution in [1.82, 2.24) is 10.6 Å². The first-order valence-corrected chi connectivity index (χ1v) is 7.04. The molecule has 6 heteroatoms. The number of nitrogens with one attached hydrogen (secondary N) is 2. The highest BCUT2D eigenvalue weighted by Gasteiger charge is 2.02. The first kappa shape index (κ1) is 15.9. The smallest absolute Gasteiger partial charge is 0.234 e. The quantitative estimate of drug-likeness (QED) is 0.688. The lowest BCUT2D eigenvalue weighted by Crippen LogP contribution is -2.35. The summed E-state index contributed by atoms with van der Waals surface area (Å²) in [6.07, 6.45) is 1.58. The summed E-state index contributed by atoms with van der Waals surface area (Å²) in [6, 6.07) is 11.0. The average Bonchev–Trinajstić information content (AvgIpc) is 3.06. The van der Waals surface area contributed by atoms with Crippen LogP contribution < -0.4 is 20.1 Å². The number of benzene rings is 1. The number of carbonyl (C=O) groups is 1. The van der Waals surface area contributed by atoms with Gasteiger partial charge in [0.15, 0.2) is 0 Å². The summed E-state index contributed by atoms with van der Waals surface area (Å²) in [7, 11) is 1.62. The molecule has 0 atom stereocenters. The zero-order chi connectivity index (χ0) is 15.6. The molecule has 118 valence electrons. The van der Waals surface area contributed by atoms with Crippen molar-refractivity contribution in [3.8, 4) is 11.5 Å². The summed E-state index contributed by atoms with van der Waals surface area (Å²) in [5.74, 6) is 2.21. The van der Waals surface area contributed by atoms with Gasteiger partial charge >= 0.3 is 0 Å². The summed E-state index contributed by atoms with van der Waals surface area (Å²) in [6.45, 7) is 1.71. The molecule has 0 unspecified atom stereocenters. The fraction of sp³-hybridized carbons (Fsp3) is 0.312. The maximum atomic E-state index is 11.6. The molecule has 0 radical (unpaired) electrons. The molecule has 2 aromatic rings. The second-order valence-corrected chi connectivity index (χ2v) is 4.56. The van der Waals surface area contributed by atoms with Gasteiger partial charge in [0.2, 0.25) is 5.91 Å². The Bertz CT molecular complexity index is 552. The molecule has 2 rings (SSSR count). The van der Waals surface area contributed by atoms with E-state index >= 15 is 0 Å². The number of furan rings is 1. The summed E-state index contributed by atoms with van der Waals surface area (Å²) in [4.78, 5) is 11.6. The van der Waals surface area contributed by atoms with Crippen LogP contribution in [0.2, 0.25) is 0 Å². The summed E-state index contributed by atoms with van der Waals surface area (Å²) in [5.41, 5.74) is 0. The van der Waals surface area contributed by atoms with E-state index in [9.17, 15) is 4.79 Å². The van der Waals surface area contributed by atoms with Crippen LogP contribution in [0.4, 0.5) is 0 Å². The average molecular weight is 304 g/mol. The molecule has 0 aliphatic rings. The Morgan fingerprint density at radius 1 is 1.18 bits per heavy atom. The Balaban J connectivity index is 1.53. The van der Waals surface area contributed by atoms with Crippen molar-refractivity contribution >= 4 is 5.91 Å². The molecule has 2 N–H and O–H groups in total. The SMILES string of the molecule is COc1ccc(OCCNCC(=O)NCc2ccco2)cc1. The molecule has 22 heavy (non-hydrogen) atoms. The van der Waals surface area contributed by atoms with Gasteiger partial charge in [-0.3, -0.25) is 4.79 Å². The van der Waals surface area contributed by atoms with Crippen LogP contribution in [-0.4, -0.2) is 32.7 Å². The van der Waals surface area contributed by atoms with E-state index in [-0.39, 0.29) is 12.5 Å². The first-order chi connectivity index (χ1) is 10.8. The van der Waals surface area contributed by atoms with Crippen molar-refractivity contribution in [1.29, 1.82) is 0 Å². The Morgan fingerprint density at radius 2 is 1.95 bits per heavy atom. The van der Waals surface area contributed by atoms with Gasteiger partial charge in [-0.1, -0.05) is 0 Å². The van der Waals surface area contributed by atoms with Gasteiger partial charge in [-0.15, -0.1) is 0 Å². The van der Waals surface area contributed by atoms with Gasteiger partial charge in [-0.05, 0) is 36.4 Å². The van der Waals surface area contributed by atoms with Crippen LogP contribution in [0, 0.1) is 0 Å². The van der Waals surface area contributed by atoms with Gasteiger partial charge in [-0.25, -0.2) is 0 Å². The van der Waals surface area contributed by atoms with Gasteiger partial charge in [0, 0.05) is 6.54 Å². The predicted octanol–water partition coefficient (Wildman–Crippen LogP) is 1.57.